The third-order valence-electron chi connectivity index (χ3n) is 3.46. The van der Waals surface area contributed by atoms with E-state index < -0.39 is 0 Å². The van der Waals surface area contributed by atoms with Crippen LogP contribution in [-0.2, 0) is 0 Å². The molecule has 0 aliphatic rings. The van der Waals surface area contributed by atoms with E-state index in [4.69, 9.17) is 20.4 Å². The van der Waals surface area contributed by atoms with Crippen LogP contribution in [-0.4, -0.2) is 31.8 Å². The predicted molar refractivity (Wildman–Crippen MR) is 84.5 cm³/mol. The van der Waals surface area contributed by atoms with Crippen LogP contribution in [0.1, 0.15) is 26.7 Å². The third-order valence-corrected chi connectivity index (χ3v) is 3.46. The van der Waals surface area contributed by atoms with Gasteiger partial charge in [0.05, 0.1) is 14.2 Å². The Balaban J connectivity index is 2.53. The molecular weight excluding hydrogens is 270 g/mol. The van der Waals surface area contributed by atoms with Gasteiger partial charge in [0, 0.05) is 35.8 Å². The fourth-order valence-corrected chi connectivity index (χ4v) is 1.94. The van der Waals surface area contributed by atoms with Gasteiger partial charge < -0.3 is 25.7 Å². The first-order valence-electron chi connectivity index (χ1n) is 6.88. The number of ether oxygens (including phenoxy) is 2. The minimum absolute atomic E-state index is 0.255. The van der Waals surface area contributed by atoms with E-state index in [-0.39, 0.29) is 11.3 Å². The smallest absolute Gasteiger partial charge is 0.144 e. The molecule has 6 nitrogen and oxygen atoms in total. The van der Waals surface area contributed by atoms with E-state index >= 15 is 0 Å². The summed E-state index contributed by atoms with van der Waals surface area (Å²) in [7, 11) is 3.25. The molecule has 0 bridgehead atoms. The number of amidine groups is 1. The van der Waals surface area contributed by atoms with Crippen molar-refractivity contribution in [2.24, 2.45) is 16.3 Å². The van der Waals surface area contributed by atoms with Gasteiger partial charge in [-0.2, -0.15) is 0 Å². The second-order valence-electron chi connectivity index (χ2n) is 5.50. The van der Waals surface area contributed by atoms with Crippen molar-refractivity contribution in [1.29, 1.82) is 0 Å². The number of nitrogens with one attached hydrogen (secondary N) is 1. The van der Waals surface area contributed by atoms with Crippen LogP contribution in [0.3, 0.4) is 0 Å². The van der Waals surface area contributed by atoms with Gasteiger partial charge in [-0.25, -0.2) is 0 Å². The molecule has 0 spiro atoms. The summed E-state index contributed by atoms with van der Waals surface area (Å²) < 4.78 is 10.4. The molecule has 0 saturated carbocycles. The normalized spacial score (nSPS) is 12.1. The van der Waals surface area contributed by atoms with Gasteiger partial charge in [0.1, 0.15) is 17.3 Å². The third kappa shape index (κ3) is 5.06. The quantitative estimate of drug-likeness (QED) is 0.225. The van der Waals surface area contributed by atoms with Crippen LogP contribution in [0, 0.1) is 5.41 Å². The van der Waals surface area contributed by atoms with E-state index in [1.54, 1.807) is 14.2 Å². The van der Waals surface area contributed by atoms with E-state index in [9.17, 15) is 0 Å². The number of benzene rings is 1. The van der Waals surface area contributed by atoms with Crippen LogP contribution in [0.15, 0.2) is 23.4 Å². The van der Waals surface area contributed by atoms with Gasteiger partial charge in [0.2, 0.25) is 0 Å². The number of rotatable bonds is 8. The van der Waals surface area contributed by atoms with Crippen molar-refractivity contribution >= 4 is 11.5 Å². The van der Waals surface area contributed by atoms with Crippen LogP contribution in [0.2, 0.25) is 0 Å². The van der Waals surface area contributed by atoms with Gasteiger partial charge in [0.15, 0.2) is 0 Å². The summed E-state index contributed by atoms with van der Waals surface area (Å²) in [4.78, 5) is 0. The Kier molecular flexibility index (Phi) is 6.14. The molecule has 21 heavy (non-hydrogen) atoms. The fraction of sp³-hybridized carbons (Fsp3) is 0.533. The first-order chi connectivity index (χ1) is 9.92. The molecule has 0 aromatic heterocycles. The molecule has 0 saturated heterocycles. The van der Waals surface area contributed by atoms with Gasteiger partial charge in [0.25, 0.3) is 0 Å². The Hall–Kier alpha value is -2.11. The molecule has 0 aliphatic heterocycles. The molecule has 0 atom stereocenters. The minimum Gasteiger partial charge on any atom is -0.497 e. The summed E-state index contributed by atoms with van der Waals surface area (Å²) in [6, 6.07) is 5.65. The van der Waals surface area contributed by atoms with Crippen LogP contribution < -0.4 is 20.5 Å². The summed E-state index contributed by atoms with van der Waals surface area (Å²) in [5, 5.41) is 15.1. The molecular formula is C15H25N3O3. The number of hydrogen-bond donors (Lipinski definition) is 3. The zero-order valence-electron chi connectivity index (χ0n) is 13.1. The Morgan fingerprint density at radius 2 is 1.81 bits per heavy atom. The van der Waals surface area contributed by atoms with Gasteiger partial charge in [-0.15, -0.1) is 0 Å². The zero-order valence-corrected chi connectivity index (χ0v) is 13.1. The Morgan fingerprint density at radius 3 is 2.29 bits per heavy atom. The summed E-state index contributed by atoms with van der Waals surface area (Å²) in [5.41, 5.74) is 6.29. The monoisotopic (exact) mass is 295 g/mol. The first-order valence-corrected chi connectivity index (χ1v) is 6.88. The predicted octanol–water partition coefficient (Wildman–Crippen LogP) is 2.67. The van der Waals surface area contributed by atoms with E-state index in [0.717, 1.165) is 36.6 Å². The van der Waals surface area contributed by atoms with Crippen molar-refractivity contribution in [3.8, 4) is 11.5 Å². The van der Waals surface area contributed by atoms with Gasteiger partial charge >= 0.3 is 0 Å². The summed E-state index contributed by atoms with van der Waals surface area (Å²) in [6.07, 6.45) is 1.71. The molecule has 0 amide bonds. The van der Waals surface area contributed by atoms with Crippen molar-refractivity contribution < 1.29 is 14.7 Å². The lowest BCUT2D eigenvalue weighted by molar-refractivity contribution is 0.305. The molecule has 4 N–H and O–H groups in total. The van der Waals surface area contributed by atoms with Crippen molar-refractivity contribution in [3.05, 3.63) is 18.2 Å². The van der Waals surface area contributed by atoms with Crippen molar-refractivity contribution in [3.63, 3.8) is 0 Å². The molecule has 1 aromatic rings. The highest BCUT2D eigenvalue weighted by Crippen LogP contribution is 2.26. The van der Waals surface area contributed by atoms with Crippen LogP contribution in [0.25, 0.3) is 0 Å². The Bertz CT molecular complexity index is 465. The van der Waals surface area contributed by atoms with E-state index in [2.05, 4.69) is 10.5 Å². The van der Waals surface area contributed by atoms with Crippen molar-refractivity contribution in [1.82, 2.24) is 0 Å². The number of oxime groups is 1. The summed E-state index contributed by atoms with van der Waals surface area (Å²) >= 11 is 0. The van der Waals surface area contributed by atoms with E-state index in [1.807, 2.05) is 32.0 Å². The number of methoxy groups -OCH3 is 2. The molecule has 1 aromatic carbocycles. The molecule has 0 fully saturated rings. The SMILES string of the molecule is COc1cc(NCCCC(C)(C)C(N)=NO)cc(OC)c1. The topological polar surface area (TPSA) is 89.1 Å². The lowest BCUT2D eigenvalue weighted by atomic mass is 9.86. The lowest BCUT2D eigenvalue weighted by Gasteiger charge is -2.22. The van der Waals surface area contributed by atoms with Gasteiger partial charge in [-0.1, -0.05) is 19.0 Å². The lowest BCUT2D eigenvalue weighted by Crippen LogP contribution is -2.32. The zero-order chi connectivity index (χ0) is 15.9. The minimum atomic E-state index is -0.317. The van der Waals surface area contributed by atoms with Crippen molar-refractivity contribution in [2.45, 2.75) is 26.7 Å². The molecule has 0 heterocycles. The molecule has 1 rings (SSSR count). The fourth-order valence-electron chi connectivity index (χ4n) is 1.94. The van der Waals surface area contributed by atoms with Crippen LogP contribution in [0.4, 0.5) is 5.69 Å². The average Bonchev–Trinajstić information content (AvgIpc) is 2.50. The maximum absolute atomic E-state index is 8.74. The average molecular weight is 295 g/mol. The van der Waals surface area contributed by atoms with E-state index in [0.29, 0.717) is 0 Å². The number of nitrogens with zero attached hydrogens (tertiary/aromatic N) is 1. The second-order valence-corrected chi connectivity index (χ2v) is 5.50. The van der Waals surface area contributed by atoms with E-state index in [1.165, 1.54) is 0 Å². The maximum atomic E-state index is 8.74. The highest BCUT2D eigenvalue weighted by molar-refractivity contribution is 5.85. The van der Waals surface area contributed by atoms with Crippen LogP contribution in [0.5, 0.6) is 11.5 Å². The molecule has 0 aliphatic carbocycles. The molecule has 0 radical (unpaired) electrons. The molecule has 118 valence electrons. The molecule has 6 heteroatoms. The Morgan fingerprint density at radius 1 is 1.24 bits per heavy atom. The largest absolute Gasteiger partial charge is 0.497 e. The first kappa shape index (κ1) is 16.9. The van der Waals surface area contributed by atoms with Crippen LogP contribution >= 0.6 is 0 Å². The highest BCUT2D eigenvalue weighted by atomic mass is 16.5. The second kappa shape index (κ2) is 7.61. The highest BCUT2D eigenvalue weighted by Gasteiger charge is 2.22. The summed E-state index contributed by atoms with van der Waals surface area (Å²) in [6.45, 7) is 4.69. The van der Waals surface area contributed by atoms with Crippen molar-refractivity contribution in [2.75, 3.05) is 26.1 Å². The summed E-state index contributed by atoms with van der Waals surface area (Å²) in [5.74, 6) is 1.74. The van der Waals surface area contributed by atoms with Gasteiger partial charge in [-0.05, 0) is 12.8 Å². The maximum Gasteiger partial charge on any atom is 0.144 e. The Labute approximate surface area is 125 Å². The molecule has 0 unspecified atom stereocenters. The number of anilines is 1. The van der Waals surface area contributed by atoms with Gasteiger partial charge in [-0.3, -0.25) is 0 Å². The number of hydrogen-bond acceptors (Lipinski definition) is 5. The standard InChI is InChI=1S/C15H25N3O3/c1-15(2,14(16)18-19)6-5-7-17-11-8-12(20-3)10-13(9-11)21-4/h8-10,17,19H,5-7H2,1-4H3,(H2,16,18). The number of nitrogens with two attached hydrogens (primary N) is 1.